The Kier molecular flexibility index (Phi) is 3.00. The third-order valence-electron chi connectivity index (χ3n) is 3.05. The third-order valence-corrected chi connectivity index (χ3v) is 4.89. The zero-order valence-electron chi connectivity index (χ0n) is 10.00. The van der Waals surface area contributed by atoms with Crippen molar-refractivity contribution in [3.8, 4) is 5.75 Å². The van der Waals surface area contributed by atoms with Gasteiger partial charge in [0.2, 0.25) is 10.0 Å². The topological polar surface area (TPSA) is 104 Å². The fourth-order valence-electron chi connectivity index (χ4n) is 1.95. The average Bonchev–Trinajstić information content (AvgIpc) is 2.63. The van der Waals surface area contributed by atoms with Crippen molar-refractivity contribution in [1.29, 1.82) is 0 Å². The minimum absolute atomic E-state index is 0.0158. The van der Waals surface area contributed by atoms with E-state index in [-0.39, 0.29) is 29.4 Å². The summed E-state index contributed by atoms with van der Waals surface area (Å²) in [5, 5.41) is 19.1. The van der Waals surface area contributed by atoms with Crippen molar-refractivity contribution in [1.82, 2.24) is 4.31 Å². The van der Waals surface area contributed by atoms with Crippen molar-refractivity contribution in [2.45, 2.75) is 23.8 Å². The van der Waals surface area contributed by atoms with Gasteiger partial charge in [0.25, 0.3) is 0 Å². The van der Waals surface area contributed by atoms with Gasteiger partial charge in [-0.2, -0.15) is 4.31 Å². The van der Waals surface area contributed by atoms with Gasteiger partial charge in [-0.15, -0.1) is 0 Å². The van der Waals surface area contributed by atoms with Gasteiger partial charge in [0, 0.05) is 13.1 Å². The molecule has 2 rings (SSSR count). The van der Waals surface area contributed by atoms with Crippen molar-refractivity contribution in [2.75, 3.05) is 18.8 Å². The summed E-state index contributed by atoms with van der Waals surface area (Å²) in [6.07, 6.45) is 0.403. The van der Waals surface area contributed by atoms with Gasteiger partial charge in [0.15, 0.2) is 0 Å². The third kappa shape index (κ3) is 2.29. The van der Waals surface area contributed by atoms with E-state index < -0.39 is 15.6 Å². The van der Waals surface area contributed by atoms with Gasteiger partial charge in [-0.3, -0.25) is 0 Å². The van der Waals surface area contributed by atoms with E-state index in [2.05, 4.69) is 0 Å². The molecule has 0 bridgehead atoms. The summed E-state index contributed by atoms with van der Waals surface area (Å²) in [5.74, 6) is -0.151. The van der Waals surface area contributed by atoms with Crippen LogP contribution in [0.15, 0.2) is 23.1 Å². The Balaban J connectivity index is 2.34. The molecule has 6 nitrogen and oxygen atoms in total. The molecule has 1 heterocycles. The number of benzene rings is 1. The molecule has 0 aromatic heterocycles. The maximum absolute atomic E-state index is 12.3. The van der Waals surface area contributed by atoms with Crippen molar-refractivity contribution in [3.05, 3.63) is 18.2 Å². The van der Waals surface area contributed by atoms with Gasteiger partial charge in [0.1, 0.15) is 5.75 Å². The van der Waals surface area contributed by atoms with Gasteiger partial charge in [-0.25, -0.2) is 8.42 Å². The molecule has 1 aromatic carbocycles. The van der Waals surface area contributed by atoms with E-state index in [1.807, 2.05) is 0 Å². The molecule has 0 saturated carbocycles. The molecule has 1 fully saturated rings. The van der Waals surface area contributed by atoms with Crippen LogP contribution in [-0.4, -0.2) is 41.6 Å². The molecule has 1 unspecified atom stereocenters. The first kappa shape index (κ1) is 13.1. The molecule has 1 aliphatic rings. The van der Waals surface area contributed by atoms with Crippen LogP contribution in [-0.2, 0) is 10.0 Å². The molecular weight excluding hydrogens is 256 g/mol. The first-order chi connectivity index (χ1) is 8.22. The Labute approximate surface area is 106 Å². The average molecular weight is 272 g/mol. The number of phenols is 1. The second-order valence-electron chi connectivity index (χ2n) is 4.81. The van der Waals surface area contributed by atoms with Crippen LogP contribution >= 0.6 is 0 Å². The molecule has 1 atom stereocenters. The monoisotopic (exact) mass is 272 g/mol. The number of nitrogens with two attached hydrogens (primary N) is 1. The van der Waals surface area contributed by atoms with Crippen LogP contribution in [0.2, 0.25) is 0 Å². The minimum atomic E-state index is -3.67. The van der Waals surface area contributed by atoms with Gasteiger partial charge in [0.05, 0.1) is 16.2 Å². The molecule has 0 spiro atoms. The lowest BCUT2D eigenvalue weighted by atomic mass is 10.1. The number of nitrogen functional groups attached to an aromatic ring is 1. The highest BCUT2D eigenvalue weighted by atomic mass is 32.2. The molecule has 0 amide bonds. The normalized spacial score (nSPS) is 25.4. The number of sulfonamides is 1. The maximum atomic E-state index is 12.3. The lowest BCUT2D eigenvalue weighted by molar-refractivity contribution is 0.0762. The standard InChI is InChI=1S/C11H16N2O4S/c1-11(15)4-5-13(7-11)18(16,17)8-2-3-10(14)9(12)6-8/h2-3,6,14-15H,4-5,7,12H2,1H3. The Morgan fingerprint density at radius 1 is 1.44 bits per heavy atom. The van der Waals surface area contributed by atoms with Crippen LogP contribution in [0.4, 0.5) is 5.69 Å². The number of nitrogens with zero attached hydrogens (tertiary/aromatic N) is 1. The molecule has 7 heteroatoms. The minimum Gasteiger partial charge on any atom is -0.506 e. The maximum Gasteiger partial charge on any atom is 0.243 e. The quantitative estimate of drug-likeness (QED) is 0.524. The Bertz CT molecular complexity index is 568. The van der Waals surface area contributed by atoms with Crippen LogP contribution in [0.3, 0.4) is 0 Å². The number of rotatable bonds is 2. The van der Waals surface area contributed by atoms with Crippen molar-refractivity contribution in [3.63, 3.8) is 0 Å². The molecular formula is C11H16N2O4S. The molecule has 0 radical (unpaired) electrons. The van der Waals surface area contributed by atoms with Gasteiger partial charge in [-0.05, 0) is 31.5 Å². The first-order valence-electron chi connectivity index (χ1n) is 5.53. The molecule has 4 N–H and O–H groups in total. The second-order valence-corrected chi connectivity index (χ2v) is 6.74. The summed E-state index contributed by atoms with van der Waals surface area (Å²) in [4.78, 5) is 0.0236. The molecule has 100 valence electrons. The fraction of sp³-hybridized carbons (Fsp3) is 0.455. The predicted molar refractivity (Wildman–Crippen MR) is 66.5 cm³/mol. The Hall–Kier alpha value is -1.31. The van der Waals surface area contributed by atoms with E-state index >= 15 is 0 Å². The summed E-state index contributed by atoms with van der Waals surface area (Å²) in [6, 6.07) is 3.77. The number of anilines is 1. The van der Waals surface area contributed by atoms with Gasteiger partial charge < -0.3 is 15.9 Å². The molecule has 1 aromatic rings. The molecule has 18 heavy (non-hydrogen) atoms. The number of hydrogen-bond donors (Lipinski definition) is 3. The highest BCUT2D eigenvalue weighted by molar-refractivity contribution is 7.89. The van der Waals surface area contributed by atoms with Crippen LogP contribution in [0, 0.1) is 0 Å². The van der Waals surface area contributed by atoms with E-state index in [1.165, 1.54) is 22.5 Å². The highest BCUT2D eigenvalue weighted by Gasteiger charge is 2.38. The Morgan fingerprint density at radius 2 is 2.11 bits per heavy atom. The summed E-state index contributed by atoms with van der Waals surface area (Å²) in [6.45, 7) is 1.94. The zero-order valence-corrected chi connectivity index (χ0v) is 10.8. The van der Waals surface area contributed by atoms with Crippen LogP contribution in [0.1, 0.15) is 13.3 Å². The number of hydrogen-bond acceptors (Lipinski definition) is 5. The number of phenolic OH excluding ortho intramolecular Hbond substituents is 1. The van der Waals surface area contributed by atoms with Crippen LogP contribution in [0.5, 0.6) is 5.75 Å². The highest BCUT2D eigenvalue weighted by Crippen LogP contribution is 2.29. The van der Waals surface area contributed by atoms with E-state index in [0.29, 0.717) is 6.42 Å². The Morgan fingerprint density at radius 3 is 2.61 bits per heavy atom. The van der Waals surface area contributed by atoms with Crippen molar-refractivity contribution < 1.29 is 18.6 Å². The largest absolute Gasteiger partial charge is 0.506 e. The lowest BCUT2D eigenvalue weighted by Crippen LogP contribution is -2.33. The van der Waals surface area contributed by atoms with E-state index in [4.69, 9.17) is 5.73 Å². The molecule has 1 saturated heterocycles. The van der Waals surface area contributed by atoms with Crippen LogP contribution in [0.25, 0.3) is 0 Å². The molecule has 1 aliphatic heterocycles. The second kappa shape index (κ2) is 4.11. The van der Waals surface area contributed by atoms with Gasteiger partial charge in [-0.1, -0.05) is 0 Å². The van der Waals surface area contributed by atoms with E-state index in [0.717, 1.165) is 0 Å². The SMILES string of the molecule is CC1(O)CCN(S(=O)(=O)c2ccc(O)c(N)c2)C1. The van der Waals surface area contributed by atoms with E-state index in [1.54, 1.807) is 6.92 Å². The summed E-state index contributed by atoms with van der Waals surface area (Å²) < 4.78 is 25.7. The first-order valence-corrected chi connectivity index (χ1v) is 6.97. The predicted octanol–water partition coefficient (Wildman–Crippen LogP) is 0.120. The van der Waals surface area contributed by atoms with E-state index in [9.17, 15) is 18.6 Å². The summed E-state index contributed by atoms with van der Waals surface area (Å²) in [5.41, 5.74) is 4.51. The summed E-state index contributed by atoms with van der Waals surface area (Å²) in [7, 11) is -3.67. The van der Waals surface area contributed by atoms with Gasteiger partial charge >= 0.3 is 0 Å². The fourth-order valence-corrected chi connectivity index (χ4v) is 3.54. The van der Waals surface area contributed by atoms with Crippen molar-refractivity contribution >= 4 is 15.7 Å². The number of β-amino-alcohol motifs (C(OH)–C–C–N with tert-alkyl or cyclic N) is 1. The number of aliphatic hydroxyl groups is 1. The smallest absolute Gasteiger partial charge is 0.243 e. The lowest BCUT2D eigenvalue weighted by Gasteiger charge is -2.19. The van der Waals surface area contributed by atoms with Crippen LogP contribution < -0.4 is 5.73 Å². The number of aromatic hydroxyl groups is 1. The summed E-state index contributed by atoms with van der Waals surface area (Å²) >= 11 is 0. The zero-order chi connectivity index (χ0) is 13.6. The van der Waals surface area contributed by atoms with Crippen molar-refractivity contribution in [2.24, 2.45) is 0 Å². The molecule has 0 aliphatic carbocycles.